The van der Waals surface area contributed by atoms with Crippen molar-refractivity contribution in [2.75, 3.05) is 5.32 Å². The first-order chi connectivity index (χ1) is 10.8. The molecule has 2 N–H and O–H groups in total. The van der Waals surface area contributed by atoms with Crippen LogP contribution >= 0.6 is 23.2 Å². The zero-order chi connectivity index (χ0) is 16.9. The SMILES string of the molecule is CC(C)c1ncnc2c1Nc1c(C(=O)O)c(Cl)cc(Cl)[n+]1C2C. The number of fused-ring (bicyclic) bond motifs is 2. The molecular weight excluding hydrogens is 339 g/mol. The van der Waals surface area contributed by atoms with Crippen LogP contribution in [0.3, 0.4) is 0 Å². The summed E-state index contributed by atoms with van der Waals surface area (Å²) in [4.78, 5) is 20.3. The van der Waals surface area contributed by atoms with Crippen molar-refractivity contribution in [2.45, 2.75) is 32.7 Å². The number of halogens is 2. The number of anilines is 2. The van der Waals surface area contributed by atoms with Gasteiger partial charge in [-0.05, 0) is 24.4 Å². The molecule has 1 atom stereocenters. The van der Waals surface area contributed by atoms with Crippen molar-refractivity contribution in [3.8, 4) is 0 Å². The number of nitrogens with zero attached hydrogens (tertiary/aromatic N) is 3. The third-order valence-electron chi connectivity index (χ3n) is 3.89. The third-order valence-corrected chi connectivity index (χ3v) is 4.47. The molecule has 1 aliphatic heterocycles. The summed E-state index contributed by atoms with van der Waals surface area (Å²) in [6.07, 6.45) is 1.51. The Morgan fingerprint density at radius 2 is 2.09 bits per heavy atom. The molecule has 2 aromatic rings. The molecule has 3 heterocycles. The summed E-state index contributed by atoms with van der Waals surface area (Å²) in [6.45, 7) is 5.94. The Kier molecular flexibility index (Phi) is 3.90. The average molecular weight is 354 g/mol. The number of carboxylic acids is 1. The molecule has 23 heavy (non-hydrogen) atoms. The lowest BCUT2D eigenvalue weighted by Crippen LogP contribution is -2.47. The van der Waals surface area contributed by atoms with Gasteiger partial charge >= 0.3 is 5.97 Å². The molecule has 0 aromatic carbocycles. The van der Waals surface area contributed by atoms with Gasteiger partial charge in [-0.2, -0.15) is 0 Å². The summed E-state index contributed by atoms with van der Waals surface area (Å²) in [5.74, 6) is -0.630. The average Bonchev–Trinajstić information content (AvgIpc) is 2.45. The highest BCUT2D eigenvalue weighted by Crippen LogP contribution is 2.38. The Hall–Kier alpha value is -1.92. The van der Waals surface area contributed by atoms with Crippen molar-refractivity contribution in [1.29, 1.82) is 0 Å². The van der Waals surface area contributed by atoms with Gasteiger partial charge in [-0.1, -0.05) is 25.4 Å². The number of aromatic nitrogens is 3. The quantitative estimate of drug-likeness (QED) is 0.637. The lowest BCUT2D eigenvalue weighted by molar-refractivity contribution is -0.696. The largest absolute Gasteiger partial charge is 0.477 e. The van der Waals surface area contributed by atoms with Crippen LogP contribution < -0.4 is 9.88 Å². The van der Waals surface area contributed by atoms with E-state index in [-0.39, 0.29) is 22.5 Å². The first kappa shape index (κ1) is 16.0. The molecule has 6 nitrogen and oxygen atoms in total. The predicted molar refractivity (Wildman–Crippen MR) is 86.8 cm³/mol. The number of hydrogen-bond donors (Lipinski definition) is 2. The van der Waals surface area contributed by atoms with E-state index in [2.05, 4.69) is 15.3 Å². The van der Waals surface area contributed by atoms with Gasteiger partial charge in [0.15, 0.2) is 16.4 Å². The van der Waals surface area contributed by atoms with Gasteiger partial charge in [0, 0.05) is 6.07 Å². The Bertz CT molecular complexity index is 824. The number of pyridine rings is 1. The van der Waals surface area contributed by atoms with Crippen LogP contribution in [0.5, 0.6) is 0 Å². The molecule has 0 saturated heterocycles. The van der Waals surface area contributed by atoms with Crippen LogP contribution in [0.2, 0.25) is 10.2 Å². The number of aromatic carboxylic acids is 1. The summed E-state index contributed by atoms with van der Waals surface area (Å²) in [6, 6.07) is 1.19. The summed E-state index contributed by atoms with van der Waals surface area (Å²) in [5, 5.41) is 13.1. The van der Waals surface area contributed by atoms with Gasteiger partial charge in [0.05, 0.1) is 10.7 Å². The van der Waals surface area contributed by atoms with E-state index in [0.29, 0.717) is 11.0 Å². The number of hydrogen-bond acceptors (Lipinski definition) is 4. The van der Waals surface area contributed by atoms with Crippen LogP contribution in [0.1, 0.15) is 54.5 Å². The lowest BCUT2D eigenvalue weighted by atomic mass is 10.0. The highest BCUT2D eigenvalue weighted by molar-refractivity contribution is 6.36. The van der Waals surface area contributed by atoms with E-state index in [4.69, 9.17) is 23.2 Å². The Labute approximate surface area is 143 Å². The van der Waals surface area contributed by atoms with Crippen molar-refractivity contribution >= 4 is 40.7 Å². The molecule has 3 rings (SSSR count). The van der Waals surface area contributed by atoms with Gasteiger partial charge in [0.25, 0.3) is 5.82 Å². The van der Waals surface area contributed by atoms with Crippen LogP contribution in [-0.2, 0) is 0 Å². The molecule has 2 aromatic heterocycles. The molecule has 8 heteroatoms. The summed E-state index contributed by atoms with van der Waals surface area (Å²) in [5.41, 5.74) is 2.28. The lowest BCUT2D eigenvalue weighted by Gasteiger charge is -2.25. The molecule has 0 fully saturated rings. The fourth-order valence-corrected chi connectivity index (χ4v) is 3.50. The second-order valence-corrected chi connectivity index (χ2v) is 6.48. The number of carboxylic acid groups (broad SMARTS) is 1. The predicted octanol–water partition coefficient (Wildman–Crippen LogP) is 3.56. The van der Waals surface area contributed by atoms with Crippen LogP contribution in [-0.4, -0.2) is 21.0 Å². The van der Waals surface area contributed by atoms with Crippen molar-refractivity contribution in [3.05, 3.63) is 39.5 Å². The molecule has 0 spiro atoms. The molecule has 0 radical (unpaired) electrons. The summed E-state index contributed by atoms with van der Waals surface area (Å²) < 4.78 is 1.68. The highest BCUT2D eigenvalue weighted by atomic mass is 35.5. The molecular formula is C15H15Cl2N4O2+. The summed E-state index contributed by atoms with van der Waals surface area (Å²) >= 11 is 12.4. The highest BCUT2D eigenvalue weighted by Gasteiger charge is 2.38. The fourth-order valence-electron chi connectivity index (χ4n) is 2.83. The third kappa shape index (κ3) is 2.42. The topological polar surface area (TPSA) is 79.0 Å². The van der Waals surface area contributed by atoms with Crippen LogP contribution in [0.15, 0.2) is 12.4 Å². The maximum Gasteiger partial charge on any atom is 0.345 e. The molecule has 0 saturated carbocycles. The van der Waals surface area contributed by atoms with Crippen LogP contribution in [0, 0.1) is 0 Å². The van der Waals surface area contributed by atoms with Gasteiger partial charge in [0.1, 0.15) is 18.1 Å². The van der Waals surface area contributed by atoms with Gasteiger partial charge in [-0.3, -0.25) is 0 Å². The molecule has 1 unspecified atom stereocenters. The van der Waals surface area contributed by atoms with E-state index in [0.717, 1.165) is 17.1 Å². The normalized spacial score (nSPS) is 15.8. The van der Waals surface area contributed by atoms with E-state index >= 15 is 0 Å². The van der Waals surface area contributed by atoms with E-state index in [9.17, 15) is 9.90 Å². The van der Waals surface area contributed by atoms with E-state index in [1.807, 2.05) is 20.8 Å². The fraction of sp³-hybridized carbons (Fsp3) is 0.333. The maximum atomic E-state index is 11.6. The van der Waals surface area contributed by atoms with Crippen molar-refractivity contribution in [1.82, 2.24) is 9.97 Å². The van der Waals surface area contributed by atoms with E-state index in [1.165, 1.54) is 12.4 Å². The van der Waals surface area contributed by atoms with E-state index < -0.39 is 5.97 Å². The Morgan fingerprint density at radius 1 is 1.39 bits per heavy atom. The smallest absolute Gasteiger partial charge is 0.345 e. The zero-order valence-corrected chi connectivity index (χ0v) is 14.3. The number of nitrogens with one attached hydrogen (secondary N) is 1. The minimum absolute atomic E-state index is 0.0212. The summed E-state index contributed by atoms with van der Waals surface area (Å²) in [7, 11) is 0. The molecule has 1 aliphatic rings. The zero-order valence-electron chi connectivity index (χ0n) is 12.8. The second-order valence-electron chi connectivity index (χ2n) is 5.69. The number of carbonyl (C=O) groups is 1. The molecule has 0 amide bonds. The standard InChI is InChI=1S/C15H14Cl2N4O2/c1-6(2)11-13-12(19-5-18-11)7(3)21-9(17)4-8(16)10(15(22)23)14(21)20-13/h4-7H,1-3H3,(H,22,23)/p+1. The van der Waals surface area contributed by atoms with Gasteiger partial charge in [-0.25, -0.2) is 24.6 Å². The Morgan fingerprint density at radius 3 is 2.70 bits per heavy atom. The Balaban J connectivity index is 2.32. The van der Waals surface area contributed by atoms with Gasteiger partial charge in [-0.15, -0.1) is 0 Å². The van der Waals surface area contributed by atoms with E-state index in [1.54, 1.807) is 4.57 Å². The second kappa shape index (κ2) is 5.62. The first-order valence-electron chi connectivity index (χ1n) is 7.11. The van der Waals surface area contributed by atoms with Crippen LogP contribution in [0.4, 0.5) is 11.5 Å². The monoisotopic (exact) mass is 353 g/mol. The molecule has 120 valence electrons. The van der Waals surface area contributed by atoms with Crippen molar-refractivity contribution in [3.63, 3.8) is 0 Å². The maximum absolute atomic E-state index is 11.6. The number of rotatable bonds is 2. The minimum atomic E-state index is -1.12. The van der Waals surface area contributed by atoms with Crippen LogP contribution in [0.25, 0.3) is 0 Å². The minimum Gasteiger partial charge on any atom is -0.477 e. The van der Waals surface area contributed by atoms with Gasteiger partial charge < -0.3 is 5.11 Å². The van der Waals surface area contributed by atoms with Gasteiger partial charge in [0.2, 0.25) is 0 Å². The first-order valence-corrected chi connectivity index (χ1v) is 7.87. The van der Waals surface area contributed by atoms with Crippen molar-refractivity contribution in [2.24, 2.45) is 0 Å². The molecule has 0 aliphatic carbocycles. The molecule has 0 bridgehead atoms. The van der Waals surface area contributed by atoms with Crippen molar-refractivity contribution < 1.29 is 14.5 Å².